The molecule has 1 atom stereocenters. The van der Waals surface area contributed by atoms with Crippen LogP contribution in [0.25, 0.3) is 0 Å². The van der Waals surface area contributed by atoms with Gasteiger partial charge in [-0.3, -0.25) is 9.89 Å². The van der Waals surface area contributed by atoms with Gasteiger partial charge in [-0.15, -0.1) is 0 Å². The van der Waals surface area contributed by atoms with Gasteiger partial charge in [0.1, 0.15) is 0 Å². The van der Waals surface area contributed by atoms with Crippen LogP contribution in [-0.4, -0.2) is 70.4 Å². The Kier molecular flexibility index (Phi) is 4.07. The minimum atomic E-state index is 0.0237. The fourth-order valence-corrected chi connectivity index (χ4v) is 4.71. The molecule has 1 spiro atoms. The van der Waals surface area contributed by atoms with Gasteiger partial charge in [0.2, 0.25) is 5.95 Å². The lowest BCUT2D eigenvalue weighted by Crippen LogP contribution is -2.48. The highest BCUT2D eigenvalue weighted by Gasteiger charge is 2.44. The number of H-pyrrole nitrogens is 1. The maximum absolute atomic E-state index is 13.1. The summed E-state index contributed by atoms with van der Waals surface area (Å²) in [6.07, 6.45) is 9.52. The molecule has 1 aliphatic carbocycles. The van der Waals surface area contributed by atoms with E-state index in [2.05, 4.69) is 25.1 Å². The predicted molar refractivity (Wildman–Crippen MR) is 98.8 cm³/mol. The van der Waals surface area contributed by atoms with Crippen molar-refractivity contribution in [3.05, 3.63) is 35.4 Å². The molecule has 5 rings (SSSR count). The van der Waals surface area contributed by atoms with Crippen LogP contribution >= 0.6 is 0 Å². The number of likely N-dealkylation sites (tertiary alicyclic amines) is 1. The van der Waals surface area contributed by atoms with Gasteiger partial charge in [0.15, 0.2) is 0 Å². The first-order valence-electron chi connectivity index (χ1n) is 9.72. The van der Waals surface area contributed by atoms with Gasteiger partial charge in [0.05, 0.1) is 25.0 Å². The zero-order valence-corrected chi connectivity index (χ0v) is 15.4. The summed E-state index contributed by atoms with van der Waals surface area (Å²) in [7, 11) is 0. The van der Waals surface area contributed by atoms with Crippen molar-refractivity contribution >= 4 is 11.9 Å². The first-order chi connectivity index (χ1) is 13.3. The molecule has 2 fully saturated rings. The summed E-state index contributed by atoms with van der Waals surface area (Å²) in [6, 6.07) is 0. The highest BCUT2D eigenvalue weighted by molar-refractivity contribution is 5.93. The third kappa shape index (κ3) is 2.88. The monoisotopic (exact) mass is 368 g/mol. The van der Waals surface area contributed by atoms with E-state index < -0.39 is 0 Å². The topological polar surface area (TPSA) is 87.2 Å². The van der Waals surface area contributed by atoms with Gasteiger partial charge in [-0.25, -0.2) is 9.97 Å². The Morgan fingerprint density at radius 1 is 1.11 bits per heavy atom. The van der Waals surface area contributed by atoms with Crippen LogP contribution in [0, 0.1) is 0 Å². The maximum atomic E-state index is 13.1. The van der Waals surface area contributed by atoms with Gasteiger partial charge in [0, 0.05) is 49.7 Å². The molecule has 8 nitrogen and oxygen atoms in total. The summed E-state index contributed by atoms with van der Waals surface area (Å²) in [5, 5.41) is 7.41. The average molecular weight is 368 g/mol. The second-order valence-corrected chi connectivity index (χ2v) is 7.75. The highest BCUT2D eigenvalue weighted by atomic mass is 16.5. The third-order valence-electron chi connectivity index (χ3n) is 6.16. The number of hydrogen-bond acceptors (Lipinski definition) is 6. The van der Waals surface area contributed by atoms with E-state index in [9.17, 15) is 4.79 Å². The molecular formula is C19H24N6O2. The molecular weight excluding hydrogens is 344 g/mol. The smallest absolute Gasteiger partial charge is 0.257 e. The zero-order valence-electron chi connectivity index (χ0n) is 15.4. The molecule has 1 N–H and O–H groups in total. The number of piperidine rings is 1. The number of ether oxygens (including phenoxy) is 1. The van der Waals surface area contributed by atoms with Crippen molar-refractivity contribution in [2.45, 2.75) is 31.1 Å². The van der Waals surface area contributed by atoms with Crippen LogP contribution in [0.5, 0.6) is 0 Å². The maximum Gasteiger partial charge on any atom is 0.257 e. The molecule has 2 aliphatic heterocycles. The molecule has 2 saturated heterocycles. The SMILES string of the molecule is O=C(c1cnc(N2CCOCC2)nc1)N1CCCC2(CCc3cn[nH]c32)C1. The van der Waals surface area contributed by atoms with Crippen LogP contribution < -0.4 is 4.90 Å². The molecule has 0 radical (unpaired) electrons. The summed E-state index contributed by atoms with van der Waals surface area (Å²) in [4.78, 5) is 26.0. The van der Waals surface area contributed by atoms with Crippen molar-refractivity contribution in [1.82, 2.24) is 25.1 Å². The summed E-state index contributed by atoms with van der Waals surface area (Å²) in [5.41, 5.74) is 3.14. The van der Waals surface area contributed by atoms with Crippen molar-refractivity contribution in [3.63, 3.8) is 0 Å². The van der Waals surface area contributed by atoms with Crippen molar-refractivity contribution in [2.75, 3.05) is 44.3 Å². The van der Waals surface area contributed by atoms with Crippen molar-refractivity contribution in [2.24, 2.45) is 0 Å². The van der Waals surface area contributed by atoms with E-state index in [1.165, 1.54) is 11.3 Å². The van der Waals surface area contributed by atoms with Crippen LogP contribution in [0.2, 0.25) is 0 Å². The number of carbonyl (C=O) groups excluding carboxylic acids is 1. The summed E-state index contributed by atoms with van der Waals surface area (Å²) in [5.74, 6) is 0.693. The van der Waals surface area contributed by atoms with E-state index in [0.717, 1.165) is 51.9 Å². The summed E-state index contributed by atoms with van der Waals surface area (Å²) in [6.45, 7) is 4.48. The number of nitrogens with one attached hydrogen (secondary N) is 1. The lowest BCUT2D eigenvalue weighted by atomic mass is 9.77. The standard InChI is InChI=1S/C19H24N6O2/c26-17(15-10-20-18(21-11-15)24-6-8-27-9-7-24)25-5-1-3-19(13-25)4-2-14-12-22-23-16(14)19/h10-12H,1-9,13H2,(H,22,23). The number of anilines is 1. The molecule has 2 aromatic rings. The van der Waals surface area contributed by atoms with Crippen molar-refractivity contribution in [1.29, 1.82) is 0 Å². The Morgan fingerprint density at radius 3 is 2.74 bits per heavy atom. The number of aromatic amines is 1. The molecule has 8 heteroatoms. The van der Waals surface area contributed by atoms with Gasteiger partial charge in [-0.05, 0) is 31.2 Å². The fourth-order valence-electron chi connectivity index (χ4n) is 4.71. The Labute approximate surface area is 157 Å². The van der Waals surface area contributed by atoms with Crippen LogP contribution in [0.4, 0.5) is 5.95 Å². The van der Waals surface area contributed by atoms with E-state index in [4.69, 9.17) is 4.74 Å². The summed E-state index contributed by atoms with van der Waals surface area (Å²) < 4.78 is 5.36. The molecule has 2 aromatic heterocycles. The number of rotatable bonds is 2. The molecule has 1 unspecified atom stereocenters. The Bertz CT molecular complexity index is 829. The number of aryl methyl sites for hydroxylation is 1. The van der Waals surface area contributed by atoms with E-state index in [1.54, 1.807) is 12.4 Å². The lowest BCUT2D eigenvalue weighted by Gasteiger charge is -2.40. The van der Waals surface area contributed by atoms with E-state index in [0.29, 0.717) is 24.7 Å². The van der Waals surface area contributed by atoms with Crippen LogP contribution in [0.1, 0.15) is 40.9 Å². The molecule has 0 saturated carbocycles. The van der Waals surface area contributed by atoms with Crippen LogP contribution in [0.15, 0.2) is 18.6 Å². The third-order valence-corrected chi connectivity index (χ3v) is 6.16. The minimum Gasteiger partial charge on any atom is -0.378 e. The molecule has 0 aromatic carbocycles. The molecule has 1 amide bonds. The molecule has 3 aliphatic rings. The number of amides is 1. The fraction of sp³-hybridized carbons (Fsp3) is 0.579. The Hall–Kier alpha value is -2.48. The lowest BCUT2D eigenvalue weighted by molar-refractivity contribution is 0.0632. The number of morpholine rings is 1. The molecule has 27 heavy (non-hydrogen) atoms. The average Bonchev–Trinajstić information content (AvgIpc) is 3.33. The van der Waals surface area contributed by atoms with Gasteiger partial charge >= 0.3 is 0 Å². The van der Waals surface area contributed by atoms with Crippen LogP contribution in [-0.2, 0) is 16.6 Å². The number of hydrogen-bond donors (Lipinski definition) is 1. The summed E-state index contributed by atoms with van der Waals surface area (Å²) >= 11 is 0. The molecule has 142 valence electrons. The number of nitrogens with zero attached hydrogens (tertiary/aromatic N) is 5. The molecule has 4 heterocycles. The van der Waals surface area contributed by atoms with E-state index >= 15 is 0 Å². The molecule has 0 bridgehead atoms. The van der Waals surface area contributed by atoms with Gasteiger partial charge in [0.25, 0.3) is 5.91 Å². The highest BCUT2D eigenvalue weighted by Crippen LogP contribution is 2.44. The normalized spacial score (nSPS) is 25.0. The zero-order chi connectivity index (χ0) is 18.3. The second-order valence-electron chi connectivity index (χ2n) is 7.75. The van der Waals surface area contributed by atoms with Gasteiger partial charge in [-0.1, -0.05) is 0 Å². The first-order valence-corrected chi connectivity index (χ1v) is 9.72. The number of fused-ring (bicyclic) bond motifs is 2. The Morgan fingerprint density at radius 2 is 1.93 bits per heavy atom. The largest absolute Gasteiger partial charge is 0.378 e. The van der Waals surface area contributed by atoms with Crippen LogP contribution in [0.3, 0.4) is 0 Å². The van der Waals surface area contributed by atoms with Gasteiger partial charge in [-0.2, -0.15) is 5.10 Å². The number of carbonyl (C=O) groups is 1. The van der Waals surface area contributed by atoms with E-state index in [-0.39, 0.29) is 11.3 Å². The first kappa shape index (κ1) is 16.7. The minimum absolute atomic E-state index is 0.0237. The predicted octanol–water partition coefficient (Wildman–Crippen LogP) is 1.16. The number of aromatic nitrogens is 4. The second kappa shape index (κ2) is 6.60. The van der Waals surface area contributed by atoms with E-state index in [1.807, 2.05) is 11.1 Å². The van der Waals surface area contributed by atoms with Gasteiger partial charge < -0.3 is 14.5 Å². The van der Waals surface area contributed by atoms with Crippen molar-refractivity contribution < 1.29 is 9.53 Å². The van der Waals surface area contributed by atoms with Crippen molar-refractivity contribution in [3.8, 4) is 0 Å². The Balaban J connectivity index is 1.32. The quantitative estimate of drug-likeness (QED) is 0.856.